The van der Waals surface area contributed by atoms with Gasteiger partial charge >= 0.3 is 0 Å². The number of non-ortho nitro benzene ring substituents is 1. The molecule has 2 aliphatic rings. The number of nitro groups is 1. The van der Waals surface area contributed by atoms with Gasteiger partial charge in [0.1, 0.15) is 0 Å². The Morgan fingerprint density at radius 3 is 2.57 bits per heavy atom. The second kappa shape index (κ2) is 7.42. The van der Waals surface area contributed by atoms with Crippen LogP contribution in [0.25, 0.3) is 0 Å². The van der Waals surface area contributed by atoms with Gasteiger partial charge in [0.15, 0.2) is 21.2 Å². The lowest BCUT2D eigenvalue weighted by Gasteiger charge is -2.39. The summed E-state index contributed by atoms with van der Waals surface area (Å²) in [6, 6.07) is 5.80. The summed E-state index contributed by atoms with van der Waals surface area (Å²) in [5.41, 5.74) is 1.25. The lowest BCUT2D eigenvalue weighted by Crippen LogP contribution is -2.48. The minimum Gasteiger partial charge on any atom is -0.486 e. The molecule has 2 aliphatic heterocycles. The number of nitro benzene ring substituents is 1. The van der Waals surface area contributed by atoms with Gasteiger partial charge in [-0.3, -0.25) is 14.9 Å². The van der Waals surface area contributed by atoms with Crippen molar-refractivity contribution >= 4 is 49.7 Å². The maximum Gasteiger partial charge on any atom is 0.269 e. The first-order valence-electron chi connectivity index (χ1n) is 8.30. The number of anilines is 1. The van der Waals surface area contributed by atoms with Crippen LogP contribution in [0.1, 0.15) is 20.8 Å². The number of benzene rings is 1. The molecule has 0 fully saturated rings. The molecule has 0 saturated heterocycles. The second-order valence-electron chi connectivity index (χ2n) is 5.95. The van der Waals surface area contributed by atoms with Crippen LogP contribution < -0.4 is 5.01 Å². The van der Waals surface area contributed by atoms with E-state index in [1.54, 1.807) is 24.2 Å². The number of ketones is 1. The number of hydrazone groups is 1. The van der Waals surface area contributed by atoms with Crippen molar-refractivity contribution in [2.45, 2.75) is 25.1 Å². The van der Waals surface area contributed by atoms with Crippen molar-refractivity contribution in [3.63, 3.8) is 0 Å². The first-order chi connectivity index (χ1) is 13.3. The van der Waals surface area contributed by atoms with E-state index in [0.29, 0.717) is 17.4 Å². The fourth-order valence-electron chi connectivity index (χ4n) is 2.89. The Bertz CT molecular complexity index is 968. The maximum atomic E-state index is 12.2. The van der Waals surface area contributed by atoms with Crippen molar-refractivity contribution < 1.29 is 19.2 Å². The Hall–Kier alpha value is -2.62. The summed E-state index contributed by atoms with van der Waals surface area (Å²) < 4.78 is 4.63. The van der Waals surface area contributed by atoms with Gasteiger partial charge < -0.3 is 9.64 Å². The van der Waals surface area contributed by atoms with Gasteiger partial charge in [0.25, 0.3) is 5.69 Å². The van der Waals surface area contributed by atoms with Crippen molar-refractivity contribution in [2.75, 3.05) is 18.7 Å². The Morgan fingerprint density at radius 2 is 2.07 bits per heavy atom. The highest BCUT2D eigenvalue weighted by Crippen LogP contribution is 2.61. The van der Waals surface area contributed by atoms with Crippen LogP contribution in [-0.2, 0) is 14.3 Å². The number of nitrogens with zero attached hydrogens (tertiary/aromatic N) is 4. The maximum absolute atomic E-state index is 12.2. The van der Waals surface area contributed by atoms with E-state index in [1.165, 1.54) is 30.8 Å². The minimum atomic E-state index is -1.30. The molecular formula is C17H18N4O5S2. The highest BCUT2D eigenvalue weighted by Gasteiger charge is 2.58. The predicted molar refractivity (Wildman–Crippen MR) is 109 cm³/mol. The highest BCUT2D eigenvalue weighted by molar-refractivity contribution is 8.37. The van der Waals surface area contributed by atoms with Gasteiger partial charge in [-0.15, -0.1) is 0 Å². The molecule has 0 saturated carbocycles. The van der Waals surface area contributed by atoms with Crippen LogP contribution in [0.4, 0.5) is 11.4 Å². The van der Waals surface area contributed by atoms with E-state index in [-0.39, 0.29) is 16.5 Å². The number of rotatable bonds is 5. The Labute approximate surface area is 168 Å². The number of carbonyl (C=O) groups excluding carboxylic acids is 2. The molecule has 3 rings (SSSR count). The number of hydrogen-bond acceptors (Lipinski definition) is 9. The Morgan fingerprint density at radius 1 is 1.43 bits per heavy atom. The lowest BCUT2D eigenvalue weighted by molar-refractivity contribution is -0.384. The molecule has 1 spiro atoms. The van der Waals surface area contributed by atoms with Crippen LogP contribution in [0.3, 0.4) is 0 Å². The summed E-state index contributed by atoms with van der Waals surface area (Å²) in [4.78, 5) is 36.5. The molecule has 11 heteroatoms. The molecule has 0 amide bonds. The van der Waals surface area contributed by atoms with Crippen LogP contribution in [0.2, 0.25) is 0 Å². The Kier molecular flexibility index (Phi) is 5.33. The number of thioether (sulfide) groups is 1. The zero-order valence-electron chi connectivity index (χ0n) is 15.7. The smallest absolute Gasteiger partial charge is 0.269 e. The van der Waals surface area contributed by atoms with E-state index in [4.69, 9.17) is 4.74 Å². The van der Waals surface area contributed by atoms with Gasteiger partial charge in [-0.2, -0.15) is 5.10 Å². The molecule has 28 heavy (non-hydrogen) atoms. The molecule has 0 N–H and O–H groups in total. The van der Waals surface area contributed by atoms with E-state index in [0.717, 1.165) is 5.70 Å². The summed E-state index contributed by atoms with van der Waals surface area (Å²) in [5.74, 6) is -0.327. The van der Waals surface area contributed by atoms with E-state index >= 15 is 0 Å². The van der Waals surface area contributed by atoms with Crippen molar-refractivity contribution in [3.8, 4) is 0 Å². The van der Waals surface area contributed by atoms with Crippen LogP contribution >= 0.6 is 22.2 Å². The van der Waals surface area contributed by atoms with Gasteiger partial charge in [0.2, 0.25) is 4.33 Å². The summed E-state index contributed by atoms with van der Waals surface area (Å²) in [7, 11) is 0.493. The first-order valence-corrected chi connectivity index (χ1v) is 10.3. The van der Waals surface area contributed by atoms with Crippen molar-refractivity contribution in [3.05, 3.63) is 45.2 Å². The molecule has 1 aromatic carbocycles. The molecule has 9 nitrogen and oxygen atoms in total. The van der Waals surface area contributed by atoms with Crippen molar-refractivity contribution in [1.29, 1.82) is 0 Å². The fraction of sp³-hybridized carbons (Fsp3) is 0.353. The molecule has 2 heterocycles. The SMILES string of the molecule is CCOC1=C(C)N(C)C2(S1)N(c1ccc([N+](=O)[O-])cc1)N=C(C(C)=O)S2=C=O. The fourth-order valence-corrected chi connectivity index (χ4v) is 6.62. The van der Waals surface area contributed by atoms with Gasteiger partial charge in [-0.25, -0.2) is 9.80 Å². The van der Waals surface area contributed by atoms with Gasteiger partial charge in [-0.05, 0) is 37.7 Å². The number of carbonyl (C=O) groups is 1. The number of hydrogen-bond donors (Lipinski definition) is 0. The van der Waals surface area contributed by atoms with Crippen LogP contribution in [0.15, 0.2) is 40.2 Å². The molecule has 0 bridgehead atoms. The zero-order chi connectivity index (χ0) is 20.6. The summed E-state index contributed by atoms with van der Waals surface area (Å²) in [6.07, 6.45) is 0. The van der Waals surface area contributed by atoms with E-state index < -0.39 is 19.7 Å². The summed E-state index contributed by atoms with van der Waals surface area (Å²) >= 11 is 1.29. The second-order valence-corrected chi connectivity index (χ2v) is 9.09. The molecule has 0 aromatic heterocycles. The third kappa shape index (κ3) is 2.92. The normalized spacial score (nSPS) is 23.9. The zero-order valence-corrected chi connectivity index (χ0v) is 17.3. The largest absolute Gasteiger partial charge is 0.486 e. The monoisotopic (exact) mass is 422 g/mol. The number of Topliss-reactive ketones (excluding diaryl/α,β-unsaturated/α-hetero) is 1. The molecule has 2 atom stereocenters. The molecule has 1 aromatic rings. The molecule has 0 aliphatic carbocycles. The first kappa shape index (κ1) is 20.1. The summed E-state index contributed by atoms with van der Waals surface area (Å²) in [5, 5.41) is 19.7. The van der Waals surface area contributed by atoms with Crippen LogP contribution in [-0.4, -0.2) is 43.9 Å². The van der Waals surface area contributed by atoms with Crippen molar-refractivity contribution in [1.82, 2.24) is 4.90 Å². The summed E-state index contributed by atoms with van der Waals surface area (Å²) in [6.45, 7) is 5.52. The standard InChI is InChI=1S/C17H18N4O5S2/c1-5-26-16-11(2)19(4)17(27-16)20(18-15(12(3)23)28(17)10-22)13-6-8-14(9-7-13)21(24)25/h6-9H,5H2,1-4H3. The number of allylic oxidation sites excluding steroid dienone is 1. The van der Waals surface area contributed by atoms with Gasteiger partial charge in [0.05, 0.1) is 22.9 Å². The van der Waals surface area contributed by atoms with E-state index in [2.05, 4.69) is 5.10 Å². The predicted octanol–water partition coefficient (Wildman–Crippen LogP) is 3.17. The topological polar surface area (TPSA) is 105 Å². The third-order valence-electron chi connectivity index (χ3n) is 4.33. The average Bonchev–Trinajstić information content (AvgIpc) is 3.13. The number of ether oxygens (including phenoxy) is 1. The van der Waals surface area contributed by atoms with E-state index in [1.807, 2.05) is 24.0 Å². The highest BCUT2D eigenvalue weighted by atomic mass is 32.2. The Balaban J connectivity index is 2.17. The lowest BCUT2D eigenvalue weighted by atomic mass is 10.3. The average molecular weight is 422 g/mol. The van der Waals surface area contributed by atoms with Gasteiger partial charge in [-0.1, -0.05) is 0 Å². The molecule has 0 radical (unpaired) electrons. The van der Waals surface area contributed by atoms with Crippen molar-refractivity contribution in [2.24, 2.45) is 5.10 Å². The van der Waals surface area contributed by atoms with E-state index in [9.17, 15) is 19.7 Å². The van der Waals surface area contributed by atoms with Crippen LogP contribution in [0, 0.1) is 10.1 Å². The molecule has 2 unspecified atom stereocenters. The van der Waals surface area contributed by atoms with Crippen LogP contribution in [0.5, 0.6) is 0 Å². The molecular weight excluding hydrogens is 404 g/mol. The minimum absolute atomic E-state index is 0.0644. The third-order valence-corrected chi connectivity index (χ3v) is 8.29. The molecule has 148 valence electrons. The quantitative estimate of drug-likeness (QED) is 0.405. The van der Waals surface area contributed by atoms with Gasteiger partial charge in [0, 0.05) is 36.6 Å².